The van der Waals surface area contributed by atoms with E-state index in [0.29, 0.717) is 17.2 Å². The van der Waals surface area contributed by atoms with Crippen LogP contribution in [0.1, 0.15) is 51.3 Å². The minimum atomic E-state index is -0.724. The van der Waals surface area contributed by atoms with Gasteiger partial charge in [-0.25, -0.2) is 0 Å². The number of carbonyl (C=O) groups is 2. The summed E-state index contributed by atoms with van der Waals surface area (Å²) in [4.78, 5) is 28.8. The van der Waals surface area contributed by atoms with Gasteiger partial charge in [0.25, 0.3) is 5.91 Å². The first kappa shape index (κ1) is 29.7. The van der Waals surface area contributed by atoms with E-state index < -0.39 is 6.04 Å². The Hall–Kier alpha value is -2.83. The zero-order chi connectivity index (χ0) is 27.9. The molecule has 0 aliphatic carbocycles. The lowest BCUT2D eigenvalue weighted by Crippen LogP contribution is -2.52. The highest BCUT2D eigenvalue weighted by atomic mass is 79.9. The molecular formula is C31H36BrClN2O3. The van der Waals surface area contributed by atoms with Gasteiger partial charge in [0.15, 0.2) is 6.61 Å². The van der Waals surface area contributed by atoms with Gasteiger partial charge < -0.3 is 15.0 Å². The van der Waals surface area contributed by atoms with Crippen LogP contribution in [0.2, 0.25) is 5.02 Å². The molecule has 0 saturated heterocycles. The molecule has 0 saturated carbocycles. The van der Waals surface area contributed by atoms with Gasteiger partial charge in [0.05, 0.1) is 4.47 Å². The average molecular weight is 600 g/mol. The number of ether oxygens (including phenoxy) is 1. The Morgan fingerprint density at radius 1 is 0.974 bits per heavy atom. The number of amides is 2. The van der Waals surface area contributed by atoms with Crippen molar-refractivity contribution in [1.82, 2.24) is 10.2 Å². The van der Waals surface area contributed by atoms with E-state index in [1.165, 1.54) is 0 Å². The van der Waals surface area contributed by atoms with Crippen LogP contribution in [0, 0.1) is 0 Å². The molecule has 7 heteroatoms. The van der Waals surface area contributed by atoms with Crippen LogP contribution in [0.3, 0.4) is 0 Å². The number of rotatable bonds is 10. The first-order chi connectivity index (χ1) is 17.9. The number of hydrogen-bond donors (Lipinski definition) is 1. The average Bonchev–Trinajstić information content (AvgIpc) is 2.86. The lowest BCUT2D eigenvalue weighted by atomic mass is 9.87. The van der Waals surface area contributed by atoms with Gasteiger partial charge in [-0.15, -0.1) is 0 Å². The molecule has 202 valence electrons. The third-order valence-electron chi connectivity index (χ3n) is 6.12. The SMILES string of the molecule is CC(C)NC(=O)C(Cc1ccccc1)N(Cc1ccc(Cl)cc1)C(=O)COc1ccc(C(C)(C)C)cc1Br. The molecule has 3 aromatic rings. The van der Waals surface area contributed by atoms with Crippen LogP contribution in [0.25, 0.3) is 0 Å². The van der Waals surface area contributed by atoms with Crippen LogP contribution >= 0.6 is 27.5 Å². The van der Waals surface area contributed by atoms with Crippen molar-refractivity contribution in [3.05, 3.63) is 99.0 Å². The van der Waals surface area contributed by atoms with Crippen molar-refractivity contribution in [1.29, 1.82) is 0 Å². The summed E-state index contributed by atoms with van der Waals surface area (Å²) in [6, 6.07) is 22.1. The van der Waals surface area contributed by atoms with Crippen LogP contribution in [0.5, 0.6) is 5.75 Å². The van der Waals surface area contributed by atoms with Gasteiger partial charge in [0, 0.05) is 24.0 Å². The molecule has 0 radical (unpaired) electrons. The van der Waals surface area contributed by atoms with Gasteiger partial charge in [0.2, 0.25) is 5.91 Å². The molecule has 3 rings (SSSR count). The molecule has 2 amide bonds. The highest BCUT2D eigenvalue weighted by Gasteiger charge is 2.31. The van der Waals surface area contributed by atoms with Crippen LogP contribution < -0.4 is 10.1 Å². The first-order valence-electron chi connectivity index (χ1n) is 12.7. The Labute approximate surface area is 239 Å². The topological polar surface area (TPSA) is 58.6 Å². The molecule has 5 nitrogen and oxygen atoms in total. The zero-order valence-corrected chi connectivity index (χ0v) is 25.0. The summed E-state index contributed by atoms with van der Waals surface area (Å²) in [7, 11) is 0. The second-order valence-electron chi connectivity index (χ2n) is 10.7. The minimum absolute atomic E-state index is 0.0132. The number of halogens is 2. The number of nitrogens with one attached hydrogen (secondary N) is 1. The summed E-state index contributed by atoms with van der Waals surface area (Å²) in [5.74, 6) is 0.0810. The van der Waals surface area contributed by atoms with Crippen molar-refractivity contribution < 1.29 is 14.3 Å². The number of benzene rings is 3. The molecule has 0 fully saturated rings. The van der Waals surface area contributed by atoms with Gasteiger partial charge in [-0.05, 0) is 76.1 Å². The van der Waals surface area contributed by atoms with Crippen molar-refractivity contribution in [3.8, 4) is 5.75 Å². The fourth-order valence-electron chi connectivity index (χ4n) is 4.03. The zero-order valence-electron chi connectivity index (χ0n) is 22.6. The minimum Gasteiger partial charge on any atom is -0.483 e. The lowest BCUT2D eigenvalue weighted by Gasteiger charge is -2.32. The van der Waals surface area contributed by atoms with E-state index in [9.17, 15) is 9.59 Å². The Bertz CT molecular complexity index is 1220. The molecule has 1 atom stereocenters. The van der Waals surface area contributed by atoms with Crippen molar-refractivity contribution in [2.75, 3.05) is 6.61 Å². The molecule has 0 heterocycles. The second-order valence-corrected chi connectivity index (χ2v) is 12.0. The van der Waals surface area contributed by atoms with Crippen LogP contribution in [-0.4, -0.2) is 35.4 Å². The maximum atomic E-state index is 13.7. The van der Waals surface area contributed by atoms with Gasteiger partial charge in [-0.2, -0.15) is 0 Å². The summed E-state index contributed by atoms with van der Waals surface area (Å²) >= 11 is 9.68. The summed E-state index contributed by atoms with van der Waals surface area (Å²) in [6.07, 6.45) is 0.378. The Kier molecular flexibility index (Phi) is 10.4. The molecular weight excluding hydrogens is 564 g/mol. The number of nitrogens with zero attached hydrogens (tertiary/aromatic N) is 1. The van der Waals surface area contributed by atoms with E-state index in [4.69, 9.17) is 16.3 Å². The van der Waals surface area contributed by atoms with Gasteiger partial charge in [0.1, 0.15) is 11.8 Å². The Morgan fingerprint density at radius 3 is 2.21 bits per heavy atom. The summed E-state index contributed by atoms with van der Waals surface area (Å²) in [5, 5.41) is 3.60. The van der Waals surface area contributed by atoms with Gasteiger partial charge >= 0.3 is 0 Å². The molecule has 0 aromatic heterocycles. The molecule has 3 aromatic carbocycles. The third-order valence-corrected chi connectivity index (χ3v) is 6.99. The van der Waals surface area contributed by atoms with Crippen molar-refractivity contribution in [3.63, 3.8) is 0 Å². The van der Waals surface area contributed by atoms with Gasteiger partial charge in [-0.3, -0.25) is 9.59 Å². The standard InChI is InChI=1S/C31H36BrClN2O3/c1-21(2)34-30(37)27(17-22-9-7-6-8-10-22)35(19-23-11-14-25(33)15-12-23)29(36)20-38-28-16-13-24(18-26(28)32)31(3,4)5/h6-16,18,21,27H,17,19-20H2,1-5H3,(H,34,37). The molecule has 38 heavy (non-hydrogen) atoms. The van der Waals surface area contributed by atoms with E-state index in [0.717, 1.165) is 21.2 Å². The monoisotopic (exact) mass is 598 g/mol. The lowest BCUT2D eigenvalue weighted by molar-refractivity contribution is -0.143. The predicted molar refractivity (Wildman–Crippen MR) is 158 cm³/mol. The molecule has 0 bridgehead atoms. The number of carbonyl (C=O) groups excluding carboxylic acids is 2. The summed E-state index contributed by atoms with van der Waals surface area (Å²) in [5.41, 5.74) is 2.97. The van der Waals surface area contributed by atoms with Crippen LogP contribution in [0.15, 0.2) is 77.3 Å². The summed E-state index contributed by atoms with van der Waals surface area (Å²) < 4.78 is 6.75. The fraction of sp³-hybridized carbons (Fsp3) is 0.355. The molecule has 1 N–H and O–H groups in total. The van der Waals surface area contributed by atoms with E-state index >= 15 is 0 Å². The Morgan fingerprint density at radius 2 is 1.63 bits per heavy atom. The molecule has 0 spiro atoms. The maximum Gasteiger partial charge on any atom is 0.261 e. The van der Waals surface area contributed by atoms with Crippen molar-refractivity contribution >= 4 is 39.3 Å². The molecule has 1 unspecified atom stereocenters. The second kappa shape index (κ2) is 13.3. The molecule has 0 aliphatic heterocycles. The fourth-order valence-corrected chi connectivity index (χ4v) is 4.65. The molecule has 0 aliphatic rings. The summed E-state index contributed by atoms with van der Waals surface area (Å²) in [6.45, 7) is 10.3. The Balaban J connectivity index is 1.90. The highest BCUT2D eigenvalue weighted by molar-refractivity contribution is 9.10. The van der Waals surface area contributed by atoms with Crippen molar-refractivity contribution in [2.24, 2.45) is 0 Å². The van der Waals surface area contributed by atoms with E-state index in [1.54, 1.807) is 17.0 Å². The third kappa shape index (κ3) is 8.60. The predicted octanol–water partition coefficient (Wildman–Crippen LogP) is 6.94. The quantitative estimate of drug-likeness (QED) is 0.275. The normalized spacial score (nSPS) is 12.2. The number of hydrogen-bond acceptors (Lipinski definition) is 3. The highest BCUT2D eigenvalue weighted by Crippen LogP contribution is 2.31. The first-order valence-corrected chi connectivity index (χ1v) is 13.9. The maximum absolute atomic E-state index is 13.7. The van der Waals surface area contributed by atoms with E-state index in [-0.39, 0.29) is 36.4 Å². The van der Waals surface area contributed by atoms with Gasteiger partial charge in [-0.1, -0.05) is 80.9 Å². The largest absolute Gasteiger partial charge is 0.483 e. The van der Waals surface area contributed by atoms with Crippen LogP contribution in [0.4, 0.5) is 0 Å². The van der Waals surface area contributed by atoms with Crippen LogP contribution in [-0.2, 0) is 28.0 Å². The smallest absolute Gasteiger partial charge is 0.261 e. The van der Waals surface area contributed by atoms with Crippen molar-refractivity contribution in [2.45, 2.75) is 65.1 Å². The van der Waals surface area contributed by atoms with E-state index in [2.05, 4.69) is 42.0 Å². The van der Waals surface area contributed by atoms with E-state index in [1.807, 2.05) is 74.5 Å².